The predicted molar refractivity (Wildman–Crippen MR) is 85.4 cm³/mol. The normalized spacial score (nSPS) is 12.7. The van der Waals surface area contributed by atoms with Crippen LogP contribution in [0.15, 0.2) is 48.6 Å². The molecule has 0 amide bonds. The molecule has 0 atom stereocenters. The van der Waals surface area contributed by atoms with E-state index in [9.17, 15) is 0 Å². The smallest absolute Gasteiger partial charge is 0.0708 e. The Balaban J connectivity index is 3.28. The van der Waals surface area contributed by atoms with Crippen molar-refractivity contribution in [2.45, 2.75) is 51.2 Å². The summed E-state index contributed by atoms with van der Waals surface area (Å²) in [6.07, 6.45) is 25.3. The molecule has 4 radical (unpaired) electrons. The van der Waals surface area contributed by atoms with Crippen LogP contribution in [-0.2, 0) is 0 Å². The molecule has 0 aliphatic rings. The van der Waals surface area contributed by atoms with Crippen LogP contribution in [0.25, 0.3) is 0 Å². The van der Waals surface area contributed by atoms with Crippen LogP contribution in [0.3, 0.4) is 0 Å². The maximum Gasteiger partial charge on any atom is 0.0708 e. The Morgan fingerprint density at radius 2 is 0.611 bits per heavy atom. The molecule has 0 heterocycles. The van der Waals surface area contributed by atoms with E-state index in [1.54, 1.807) is 0 Å². The van der Waals surface area contributed by atoms with Crippen LogP contribution in [0, 0.1) is 0 Å². The molecule has 0 fully saturated rings. The van der Waals surface area contributed by atoms with Crippen molar-refractivity contribution >= 4 is 15.7 Å². The van der Waals surface area contributed by atoms with Crippen molar-refractivity contribution in [1.82, 2.24) is 0 Å². The second-order valence-corrected chi connectivity index (χ2v) is 4.09. The number of rotatable bonds is 11. The van der Waals surface area contributed by atoms with E-state index in [0.717, 1.165) is 38.5 Å². The van der Waals surface area contributed by atoms with Crippen LogP contribution in [0.1, 0.15) is 38.5 Å². The highest BCUT2D eigenvalue weighted by atomic mass is 13.9. The third-order valence-corrected chi connectivity index (χ3v) is 2.44. The van der Waals surface area contributed by atoms with Gasteiger partial charge < -0.3 is 0 Å². The van der Waals surface area contributed by atoms with Gasteiger partial charge in [0.15, 0.2) is 0 Å². The lowest BCUT2D eigenvalue weighted by molar-refractivity contribution is 0.985. The lowest BCUT2D eigenvalue weighted by atomic mass is 10.0. The molecule has 0 spiro atoms. The average Bonchev–Trinajstić information content (AvgIpc) is 2.39. The van der Waals surface area contributed by atoms with Crippen molar-refractivity contribution in [3.8, 4) is 0 Å². The molecular weight excluding hydrogens is 214 g/mol. The van der Waals surface area contributed by atoms with Crippen LogP contribution >= 0.6 is 0 Å². The molecule has 94 valence electrons. The van der Waals surface area contributed by atoms with Crippen LogP contribution in [0.5, 0.6) is 0 Å². The largest absolute Gasteiger partial charge is 0.0971 e. The van der Waals surface area contributed by atoms with E-state index in [1.807, 2.05) is 12.2 Å². The van der Waals surface area contributed by atoms with Gasteiger partial charge in [-0.2, -0.15) is 0 Å². The molecule has 0 aliphatic heterocycles. The van der Waals surface area contributed by atoms with Crippen LogP contribution < -0.4 is 0 Å². The maximum absolute atomic E-state index is 5.35. The van der Waals surface area contributed by atoms with Gasteiger partial charge in [-0.15, -0.1) is 0 Å². The van der Waals surface area contributed by atoms with Gasteiger partial charge in [-0.05, 0) is 38.5 Å². The number of allylic oxidation sites excluding steroid dienone is 8. The molecule has 0 bridgehead atoms. The lowest BCUT2D eigenvalue weighted by Gasteiger charge is -1.89. The van der Waals surface area contributed by atoms with Crippen molar-refractivity contribution in [2.75, 3.05) is 0 Å². The van der Waals surface area contributed by atoms with Gasteiger partial charge in [0.25, 0.3) is 0 Å². The Morgan fingerprint density at radius 3 is 0.833 bits per heavy atom. The third kappa shape index (κ3) is 15.1. The van der Waals surface area contributed by atoms with E-state index in [4.69, 9.17) is 15.7 Å². The molecule has 2 heteroatoms. The summed E-state index contributed by atoms with van der Waals surface area (Å²) in [5.74, 6) is 0. The minimum Gasteiger partial charge on any atom is -0.0971 e. The Bertz CT molecular complexity index is 234. The number of unbranched alkanes of at least 4 members (excludes halogenated alkanes) is 3. The fraction of sp³-hybridized carbons (Fsp3) is 0.500. The Kier molecular flexibility index (Phi) is 15.3. The van der Waals surface area contributed by atoms with E-state index in [2.05, 4.69) is 36.5 Å². The molecule has 18 heavy (non-hydrogen) atoms. The molecule has 0 aromatic rings. The van der Waals surface area contributed by atoms with Crippen molar-refractivity contribution < 1.29 is 0 Å². The highest BCUT2D eigenvalue weighted by molar-refractivity contribution is 6.09. The van der Waals surface area contributed by atoms with Gasteiger partial charge in [-0.1, -0.05) is 61.2 Å². The minimum atomic E-state index is 0.648. The Hall–Kier alpha value is -0.910. The summed E-state index contributed by atoms with van der Waals surface area (Å²) in [6.45, 7) is 0. The van der Waals surface area contributed by atoms with E-state index in [1.165, 1.54) is 0 Å². The molecule has 0 N–H and O–H groups in total. The Labute approximate surface area is 116 Å². The van der Waals surface area contributed by atoms with Gasteiger partial charge in [0.1, 0.15) is 0 Å². The number of hydrogen-bond acceptors (Lipinski definition) is 0. The van der Waals surface area contributed by atoms with Crippen LogP contribution in [0.4, 0.5) is 0 Å². The average molecular weight is 238 g/mol. The number of hydrogen-bond donors (Lipinski definition) is 0. The molecule has 0 aromatic heterocycles. The molecule has 0 aliphatic carbocycles. The summed E-state index contributed by atoms with van der Waals surface area (Å²) in [7, 11) is 10.7. The summed E-state index contributed by atoms with van der Waals surface area (Å²) in [5, 5.41) is 0. The Morgan fingerprint density at radius 1 is 0.389 bits per heavy atom. The summed E-state index contributed by atoms with van der Waals surface area (Å²) in [5.41, 5.74) is 0. The van der Waals surface area contributed by atoms with E-state index < -0.39 is 0 Å². The minimum absolute atomic E-state index is 0.648. The molecule has 0 nitrogen and oxygen atoms in total. The summed E-state index contributed by atoms with van der Waals surface area (Å²) < 4.78 is 0. The SMILES string of the molecule is [B]CC=CCC/C=C/CC/C=C/CC/C=C/C[B]. The standard InChI is InChI=1S/C16H24B2/c17-15-13-11-9-7-5-3-1-2-4-6-8-10-12-14-16-18/h3-6,11-14H,1-2,7-10,15-16H2/b5-3+,6-4+,13-11+,14-12?. The molecular formula is C16H24B2. The van der Waals surface area contributed by atoms with Gasteiger partial charge in [0.05, 0.1) is 15.7 Å². The third-order valence-electron chi connectivity index (χ3n) is 2.44. The second-order valence-electron chi connectivity index (χ2n) is 4.09. The quantitative estimate of drug-likeness (QED) is 0.277. The summed E-state index contributed by atoms with van der Waals surface area (Å²) >= 11 is 0. The highest BCUT2D eigenvalue weighted by Crippen LogP contribution is 2.00. The van der Waals surface area contributed by atoms with Gasteiger partial charge in [-0.25, -0.2) is 0 Å². The second kappa shape index (κ2) is 16.1. The fourth-order valence-electron chi connectivity index (χ4n) is 1.48. The summed E-state index contributed by atoms with van der Waals surface area (Å²) in [6, 6.07) is 0. The van der Waals surface area contributed by atoms with Crippen LogP contribution in [-0.4, -0.2) is 15.7 Å². The van der Waals surface area contributed by atoms with E-state index >= 15 is 0 Å². The fourth-order valence-corrected chi connectivity index (χ4v) is 1.48. The van der Waals surface area contributed by atoms with Gasteiger partial charge in [0.2, 0.25) is 0 Å². The van der Waals surface area contributed by atoms with Gasteiger partial charge in [-0.3, -0.25) is 0 Å². The molecule has 0 saturated carbocycles. The molecule has 0 rings (SSSR count). The highest BCUT2D eigenvalue weighted by Gasteiger charge is 1.80. The van der Waals surface area contributed by atoms with Crippen molar-refractivity contribution in [1.29, 1.82) is 0 Å². The molecule has 0 unspecified atom stereocenters. The van der Waals surface area contributed by atoms with Crippen molar-refractivity contribution in [3.05, 3.63) is 48.6 Å². The maximum atomic E-state index is 5.35. The van der Waals surface area contributed by atoms with E-state index in [-0.39, 0.29) is 0 Å². The first-order valence-corrected chi connectivity index (χ1v) is 6.92. The molecule has 0 saturated heterocycles. The zero-order valence-corrected chi connectivity index (χ0v) is 11.4. The molecule has 0 aromatic carbocycles. The monoisotopic (exact) mass is 238 g/mol. The topological polar surface area (TPSA) is 0 Å². The summed E-state index contributed by atoms with van der Waals surface area (Å²) in [4.78, 5) is 0. The van der Waals surface area contributed by atoms with Gasteiger partial charge >= 0.3 is 0 Å². The van der Waals surface area contributed by atoms with Crippen molar-refractivity contribution in [3.63, 3.8) is 0 Å². The zero-order chi connectivity index (χ0) is 13.3. The van der Waals surface area contributed by atoms with Crippen molar-refractivity contribution in [2.24, 2.45) is 0 Å². The zero-order valence-electron chi connectivity index (χ0n) is 11.4. The van der Waals surface area contributed by atoms with E-state index in [0.29, 0.717) is 12.6 Å². The predicted octanol–water partition coefficient (Wildman–Crippen LogP) is 4.73. The van der Waals surface area contributed by atoms with Gasteiger partial charge in [0, 0.05) is 0 Å². The first kappa shape index (κ1) is 17.1. The first-order valence-electron chi connectivity index (χ1n) is 6.92. The van der Waals surface area contributed by atoms with Crippen LogP contribution in [0.2, 0.25) is 12.6 Å². The first-order chi connectivity index (χ1) is 8.91. The lowest BCUT2D eigenvalue weighted by Crippen LogP contribution is -1.69.